The van der Waals surface area contributed by atoms with Gasteiger partial charge in [-0.15, -0.1) is 24.0 Å². The average Bonchev–Trinajstić information content (AvgIpc) is 2.57. The number of nitrogens with zero attached hydrogens (tertiary/aromatic N) is 2. The van der Waals surface area contributed by atoms with E-state index in [9.17, 15) is 13.2 Å². The number of alkyl halides is 3. The molecule has 2 N–H and O–H groups in total. The van der Waals surface area contributed by atoms with Gasteiger partial charge in [0.1, 0.15) is 0 Å². The minimum absolute atomic E-state index is 0. The summed E-state index contributed by atoms with van der Waals surface area (Å²) in [6.45, 7) is 3.63. The van der Waals surface area contributed by atoms with Gasteiger partial charge in [0.15, 0.2) is 5.96 Å². The van der Waals surface area contributed by atoms with E-state index in [0.717, 1.165) is 5.56 Å². The summed E-state index contributed by atoms with van der Waals surface area (Å²) in [7, 11) is 3.07. The lowest BCUT2D eigenvalue weighted by atomic mass is 10.2. The third kappa shape index (κ3) is 13.7. The first kappa shape index (κ1) is 25.9. The number of guanidine groups is 1. The fraction of sp³-hybridized carbons (Fsp3) is 0.611. The number of nitrogens with one attached hydrogen (secondary N) is 2. The summed E-state index contributed by atoms with van der Waals surface area (Å²) in [5.41, 5.74) is 1.13. The molecule has 1 aromatic carbocycles. The second kappa shape index (κ2) is 14.0. The number of likely N-dealkylation sites (N-methyl/N-ethyl adjacent to an activating group) is 1. The van der Waals surface area contributed by atoms with Crippen LogP contribution in [0.2, 0.25) is 0 Å². The van der Waals surface area contributed by atoms with E-state index in [1.165, 1.54) is 11.9 Å². The molecule has 0 fully saturated rings. The predicted molar refractivity (Wildman–Crippen MR) is 114 cm³/mol. The van der Waals surface area contributed by atoms with Gasteiger partial charge >= 0.3 is 6.18 Å². The minimum Gasteiger partial charge on any atom is -0.376 e. The van der Waals surface area contributed by atoms with Gasteiger partial charge in [-0.05, 0) is 18.5 Å². The van der Waals surface area contributed by atoms with E-state index >= 15 is 0 Å². The van der Waals surface area contributed by atoms with Crippen molar-refractivity contribution in [2.24, 2.45) is 10.9 Å². The van der Waals surface area contributed by atoms with Gasteiger partial charge in [-0.25, -0.2) is 0 Å². The Bertz CT molecular complexity index is 529. The van der Waals surface area contributed by atoms with Crippen LogP contribution >= 0.6 is 24.0 Å². The van der Waals surface area contributed by atoms with Crippen molar-refractivity contribution in [3.05, 3.63) is 35.9 Å². The van der Waals surface area contributed by atoms with Gasteiger partial charge in [0, 0.05) is 26.7 Å². The second-order valence-electron chi connectivity index (χ2n) is 6.34. The molecule has 0 bridgehead atoms. The van der Waals surface area contributed by atoms with E-state index in [4.69, 9.17) is 4.74 Å². The van der Waals surface area contributed by atoms with Gasteiger partial charge in [0.2, 0.25) is 0 Å². The van der Waals surface area contributed by atoms with Crippen LogP contribution in [0.1, 0.15) is 12.5 Å². The molecule has 1 atom stereocenters. The van der Waals surface area contributed by atoms with E-state index < -0.39 is 12.7 Å². The third-order valence-electron chi connectivity index (χ3n) is 3.59. The van der Waals surface area contributed by atoms with Crippen molar-refractivity contribution in [3.63, 3.8) is 0 Å². The number of halogens is 4. The Morgan fingerprint density at radius 2 is 1.89 bits per heavy atom. The van der Waals surface area contributed by atoms with E-state index in [0.29, 0.717) is 32.3 Å². The van der Waals surface area contributed by atoms with E-state index in [2.05, 4.69) is 22.5 Å². The van der Waals surface area contributed by atoms with Crippen molar-refractivity contribution in [2.45, 2.75) is 19.7 Å². The summed E-state index contributed by atoms with van der Waals surface area (Å²) in [5, 5.41) is 6.17. The van der Waals surface area contributed by atoms with Crippen LogP contribution in [0.5, 0.6) is 0 Å². The Kier molecular flexibility index (Phi) is 13.4. The Morgan fingerprint density at radius 3 is 2.48 bits per heavy atom. The first-order valence-corrected chi connectivity index (χ1v) is 8.61. The molecule has 0 saturated heterocycles. The van der Waals surface area contributed by atoms with Gasteiger partial charge in [0.25, 0.3) is 0 Å². The molecule has 9 heteroatoms. The lowest BCUT2D eigenvalue weighted by Crippen LogP contribution is -2.43. The first-order chi connectivity index (χ1) is 12.3. The Balaban J connectivity index is 0.00000676. The van der Waals surface area contributed by atoms with Crippen LogP contribution in [-0.4, -0.2) is 63.9 Å². The molecule has 0 heterocycles. The zero-order chi connectivity index (χ0) is 19.4. The molecule has 0 saturated carbocycles. The average molecular weight is 502 g/mol. The summed E-state index contributed by atoms with van der Waals surface area (Å²) in [6.07, 6.45) is -4.18. The maximum atomic E-state index is 12.3. The summed E-state index contributed by atoms with van der Waals surface area (Å²) >= 11 is 0. The first-order valence-electron chi connectivity index (χ1n) is 8.61. The quantitative estimate of drug-likeness (QED) is 0.294. The predicted octanol–water partition coefficient (Wildman–Crippen LogP) is 3.12. The molecule has 1 rings (SSSR count). The van der Waals surface area contributed by atoms with Crippen LogP contribution in [0, 0.1) is 5.92 Å². The Morgan fingerprint density at radius 1 is 1.22 bits per heavy atom. The fourth-order valence-corrected chi connectivity index (χ4v) is 2.25. The number of ether oxygens (including phenoxy) is 1. The van der Waals surface area contributed by atoms with Gasteiger partial charge in [-0.2, -0.15) is 13.2 Å². The highest BCUT2D eigenvalue weighted by atomic mass is 127. The number of aliphatic imine (C=N–C) groups is 1. The zero-order valence-corrected chi connectivity index (χ0v) is 18.4. The molecule has 1 aromatic rings. The maximum Gasteiger partial charge on any atom is 0.401 e. The standard InChI is InChI=1S/C18H29F3N4O.HI/c1-15(12-26-13-16-7-5-4-6-8-16)11-24-17(22-2)23-9-10-25(3)14-18(19,20)21;/h4-8,15H,9-14H2,1-3H3,(H2,22,23,24);1H. The Labute approximate surface area is 176 Å². The number of rotatable bonds is 10. The van der Waals surface area contributed by atoms with Gasteiger partial charge in [-0.3, -0.25) is 9.89 Å². The third-order valence-corrected chi connectivity index (χ3v) is 3.59. The molecule has 0 aliphatic heterocycles. The van der Waals surface area contributed by atoms with Crippen molar-refractivity contribution in [2.75, 3.05) is 46.9 Å². The highest BCUT2D eigenvalue weighted by molar-refractivity contribution is 14.0. The molecule has 27 heavy (non-hydrogen) atoms. The van der Waals surface area contributed by atoms with Gasteiger partial charge < -0.3 is 15.4 Å². The van der Waals surface area contributed by atoms with Gasteiger partial charge in [-0.1, -0.05) is 37.3 Å². The second-order valence-corrected chi connectivity index (χ2v) is 6.34. The summed E-state index contributed by atoms with van der Waals surface area (Å²) < 4.78 is 42.5. The largest absolute Gasteiger partial charge is 0.401 e. The van der Waals surface area contributed by atoms with E-state index in [1.54, 1.807) is 7.05 Å². The highest BCUT2D eigenvalue weighted by Gasteiger charge is 2.28. The van der Waals surface area contributed by atoms with Crippen molar-refractivity contribution in [3.8, 4) is 0 Å². The molecule has 0 spiro atoms. The maximum absolute atomic E-state index is 12.3. The van der Waals surface area contributed by atoms with Crippen molar-refractivity contribution in [1.29, 1.82) is 0 Å². The van der Waals surface area contributed by atoms with Crippen molar-refractivity contribution >= 4 is 29.9 Å². The number of benzene rings is 1. The van der Waals surface area contributed by atoms with E-state index in [-0.39, 0.29) is 36.4 Å². The number of hydrogen-bond donors (Lipinski definition) is 2. The molecule has 0 radical (unpaired) electrons. The SMILES string of the molecule is CN=C(NCCN(C)CC(F)(F)F)NCC(C)COCc1ccccc1.I. The summed E-state index contributed by atoms with van der Waals surface area (Å²) in [5.74, 6) is 0.838. The summed E-state index contributed by atoms with van der Waals surface area (Å²) in [6, 6.07) is 9.96. The van der Waals surface area contributed by atoms with Crippen LogP contribution in [0.15, 0.2) is 35.3 Å². The molecule has 0 aliphatic rings. The Hall–Kier alpha value is -1.07. The molecule has 0 aromatic heterocycles. The lowest BCUT2D eigenvalue weighted by molar-refractivity contribution is -0.142. The molecule has 1 unspecified atom stereocenters. The van der Waals surface area contributed by atoms with Gasteiger partial charge in [0.05, 0.1) is 19.8 Å². The van der Waals surface area contributed by atoms with Crippen molar-refractivity contribution < 1.29 is 17.9 Å². The van der Waals surface area contributed by atoms with Crippen LogP contribution in [0.3, 0.4) is 0 Å². The lowest BCUT2D eigenvalue weighted by Gasteiger charge is -2.20. The van der Waals surface area contributed by atoms with Crippen molar-refractivity contribution in [1.82, 2.24) is 15.5 Å². The smallest absolute Gasteiger partial charge is 0.376 e. The molecular formula is C18H30F3IN4O. The zero-order valence-electron chi connectivity index (χ0n) is 16.1. The molecule has 0 aliphatic carbocycles. The monoisotopic (exact) mass is 502 g/mol. The van der Waals surface area contributed by atoms with Crippen LogP contribution in [0.25, 0.3) is 0 Å². The van der Waals surface area contributed by atoms with Crippen LogP contribution < -0.4 is 10.6 Å². The minimum atomic E-state index is -4.18. The highest BCUT2D eigenvalue weighted by Crippen LogP contribution is 2.14. The molecule has 156 valence electrons. The van der Waals surface area contributed by atoms with E-state index in [1.807, 2.05) is 30.3 Å². The fourth-order valence-electron chi connectivity index (χ4n) is 2.25. The molecular weight excluding hydrogens is 472 g/mol. The normalized spacial score (nSPS) is 13.2. The van der Waals surface area contributed by atoms with Crippen LogP contribution in [0.4, 0.5) is 13.2 Å². The van der Waals surface area contributed by atoms with Crippen LogP contribution in [-0.2, 0) is 11.3 Å². The molecule has 0 amide bonds. The topological polar surface area (TPSA) is 48.9 Å². The molecule has 5 nitrogen and oxygen atoms in total. The number of hydrogen-bond acceptors (Lipinski definition) is 3. The summed E-state index contributed by atoms with van der Waals surface area (Å²) in [4.78, 5) is 5.29.